The summed E-state index contributed by atoms with van der Waals surface area (Å²) < 4.78 is 10.5. The zero-order valence-corrected chi connectivity index (χ0v) is 10.4. The first kappa shape index (κ1) is 12.7. The largest absolute Gasteiger partial charge is 0.493 e. The minimum Gasteiger partial charge on any atom is -0.493 e. The van der Waals surface area contributed by atoms with E-state index in [1.54, 1.807) is 12.1 Å². The Bertz CT molecular complexity index is 593. The molecule has 0 spiro atoms. The molecule has 1 aromatic heterocycles. The molecule has 1 unspecified atom stereocenters. The predicted octanol–water partition coefficient (Wildman–Crippen LogP) is 2.05. The average molecular weight is 270 g/mol. The van der Waals surface area contributed by atoms with Crippen LogP contribution in [0.15, 0.2) is 22.8 Å². The van der Waals surface area contributed by atoms with Gasteiger partial charge in [-0.15, -0.1) is 0 Å². The molecular weight excluding hydrogens is 258 g/mol. The topological polar surface area (TPSA) is 85.7 Å². The number of benzene rings is 1. The first-order valence-electron chi connectivity index (χ1n) is 5.25. The summed E-state index contributed by atoms with van der Waals surface area (Å²) in [6.45, 7) is 0. The van der Waals surface area contributed by atoms with Crippen molar-refractivity contribution in [2.24, 2.45) is 5.73 Å². The third-order valence-electron chi connectivity index (χ3n) is 2.69. The zero-order chi connectivity index (χ0) is 13.3. The Labute approximate surface area is 108 Å². The van der Waals surface area contributed by atoms with Crippen LogP contribution in [0.2, 0.25) is 5.02 Å². The Morgan fingerprint density at radius 3 is 3.00 bits per heavy atom. The number of carbonyl (C=O) groups is 1. The number of hydrogen-bond donors (Lipinski definition) is 2. The summed E-state index contributed by atoms with van der Waals surface area (Å²) >= 11 is 6.20. The first-order valence-corrected chi connectivity index (χ1v) is 5.63. The maximum atomic E-state index is 10.8. The quantitative estimate of drug-likeness (QED) is 0.887. The van der Waals surface area contributed by atoms with Crippen LogP contribution in [0.25, 0.3) is 11.0 Å². The summed E-state index contributed by atoms with van der Waals surface area (Å²) in [5.74, 6) is -0.565. The first-order chi connectivity index (χ1) is 8.54. The molecule has 0 aliphatic heterocycles. The highest BCUT2D eigenvalue weighted by atomic mass is 35.5. The van der Waals surface area contributed by atoms with Crippen molar-refractivity contribution in [1.29, 1.82) is 0 Å². The lowest BCUT2D eigenvalue weighted by atomic mass is 10.0. The Morgan fingerprint density at radius 2 is 2.39 bits per heavy atom. The second-order valence-corrected chi connectivity index (χ2v) is 4.24. The SMILES string of the molecule is COc1cc(CC(N)C(=O)O)c(Cl)c2ccoc12. The van der Waals surface area contributed by atoms with E-state index >= 15 is 0 Å². The van der Waals surface area contributed by atoms with Crippen LogP contribution in [0.3, 0.4) is 0 Å². The van der Waals surface area contributed by atoms with Crippen molar-refractivity contribution in [2.45, 2.75) is 12.5 Å². The average Bonchev–Trinajstić information content (AvgIpc) is 2.82. The van der Waals surface area contributed by atoms with Gasteiger partial charge in [-0.2, -0.15) is 0 Å². The van der Waals surface area contributed by atoms with Crippen LogP contribution >= 0.6 is 11.6 Å². The minimum absolute atomic E-state index is 0.131. The lowest BCUT2D eigenvalue weighted by Crippen LogP contribution is -2.32. The maximum Gasteiger partial charge on any atom is 0.320 e. The molecule has 96 valence electrons. The van der Waals surface area contributed by atoms with Gasteiger partial charge in [-0.25, -0.2) is 0 Å². The number of carboxylic acids is 1. The van der Waals surface area contributed by atoms with Gasteiger partial charge in [-0.1, -0.05) is 11.6 Å². The van der Waals surface area contributed by atoms with Crippen molar-refractivity contribution < 1.29 is 19.1 Å². The molecule has 0 aliphatic carbocycles. The van der Waals surface area contributed by atoms with E-state index in [1.807, 2.05) is 0 Å². The Kier molecular flexibility index (Phi) is 3.45. The molecule has 3 N–H and O–H groups in total. The van der Waals surface area contributed by atoms with E-state index in [0.717, 1.165) is 0 Å². The minimum atomic E-state index is -1.07. The molecule has 18 heavy (non-hydrogen) atoms. The number of halogens is 1. The van der Waals surface area contributed by atoms with E-state index in [-0.39, 0.29) is 6.42 Å². The predicted molar refractivity (Wildman–Crippen MR) is 67.1 cm³/mol. The number of rotatable bonds is 4. The molecule has 6 heteroatoms. The molecule has 0 aliphatic rings. The van der Waals surface area contributed by atoms with Gasteiger partial charge in [0, 0.05) is 5.39 Å². The molecule has 0 saturated carbocycles. The Balaban J connectivity index is 2.50. The highest BCUT2D eigenvalue weighted by molar-refractivity contribution is 6.36. The number of furan rings is 1. The number of fused-ring (bicyclic) bond motifs is 1. The van der Waals surface area contributed by atoms with Crippen LogP contribution in [-0.4, -0.2) is 24.2 Å². The molecule has 0 radical (unpaired) electrons. The third-order valence-corrected chi connectivity index (χ3v) is 3.14. The number of methoxy groups -OCH3 is 1. The third kappa shape index (κ3) is 2.14. The zero-order valence-electron chi connectivity index (χ0n) is 9.64. The van der Waals surface area contributed by atoms with Crippen LogP contribution in [0.4, 0.5) is 0 Å². The Morgan fingerprint density at radius 1 is 1.67 bits per heavy atom. The summed E-state index contributed by atoms with van der Waals surface area (Å²) in [5.41, 5.74) is 6.67. The molecular formula is C12H12ClNO4. The van der Waals surface area contributed by atoms with E-state index in [2.05, 4.69) is 0 Å². The number of hydrogen-bond acceptors (Lipinski definition) is 4. The summed E-state index contributed by atoms with van der Waals surface area (Å²) in [6, 6.07) is 2.35. The smallest absolute Gasteiger partial charge is 0.320 e. The highest BCUT2D eigenvalue weighted by Gasteiger charge is 2.18. The second-order valence-electron chi connectivity index (χ2n) is 3.86. The molecule has 0 fully saturated rings. The summed E-state index contributed by atoms with van der Waals surface area (Å²) in [6.07, 6.45) is 1.63. The van der Waals surface area contributed by atoms with Crippen molar-refractivity contribution in [3.63, 3.8) is 0 Å². The lowest BCUT2D eigenvalue weighted by molar-refractivity contribution is -0.138. The molecule has 2 rings (SSSR count). The molecule has 1 aromatic carbocycles. The van der Waals surface area contributed by atoms with Crippen LogP contribution in [0.5, 0.6) is 5.75 Å². The molecule has 0 saturated heterocycles. The van der Waals surface area contributed by atoms with Crippen LogP contribution < -0.4 is 10.5 Å². The van der Waals surface area contributed by atoms with E-state index in [9.17, 15) is 4.79 Å². The standard InChI is InChI=1S/C12H12ClNO4/c1-17-9-5-6(4-8(14)12(15)16)10(13)7-2-3-18-11(7)9/h2-3,5,8H,4,14H2,1H3,(H,15,16). The lowest BCUT2D eigenvalue weighted by Gasteiger charge is -2.11. The van der Waals surface area contributed by atoms with Crippen molar-refractivity contribution in [1.82, 2.24) is 0 Å². The van der Waals surface area contributed by atoms with Gasteiger partial charge in [0.25, 0.3) is 0 Å². The van der Waals surface area contributed by atoms with E-state index < -0.39 is 12.0 Å². The summed E-state index contributed by atoms with van der Waals surface area (Å²) in [5, 5.41) is 9.94. The van der Waals surface area contributed by atoms with Crippen molar-refractivity contribution in [3.8, 4) is 5.75 Å². The molecule has 2 aromatic rings. The maximum absolute atomic E-state index is 10.8. The fourth-order valence-electron chi connectivity index (χ4n) is 1.76. The van der Waals surface area contributed by atoms with Gasteiger partial charge in [-0.3, -0.25) is 4.79 Å². The van der Waals surface area contributed by atoms with Gasteiger partial charge in [0.1, 0.15) is 6.04 Å². The van der Waals surface area contributed by atoms with Gasteiger partial charge in [0.05, 0.1) is 18.4 Å². The summed E-state index contributed by atoms with van der Waals surface area (Å²) in [7, 11) is 1.51. The van der Waals surface area contributed by atoms with E-state index in [0.29, 0.717) is 27.3 Å². The van der Waals surface area contributed by atoms with Gasteiger partial charge in [0.2, 0.25) is 0 Å². The normalized spacial score (nSPS) is 12.6. The molecule has 0 bridgehead atoms. The van der Waals surface area contributed by atoms with Crippen LogP contribution in [0.1, 0.15) is 5.56 Å². The summed E-state index contributed by atoms with van der Waals surface area (Å²) in [4.78, 5) is 10.8. The number of nitrogens with two attached hydrogens (primary N) is 1. The Hall–Kier alpha value is -1.72. The van der Waals surface area contributed by atoms with Crippen LogP contribution in [-0.2, 0) is 11.2 Å². The van der Waals surface area contributed by atoms with Gasteiger partial charge >= 0.3 is 5.97 Å². The van der Waals surface area contributed by atoms with E-state index in [4.69, 9.17) is 31.6 Å². The van der Waals surface area contributed by atoms with Gasteiger partial charge < -0.3 is 20.0 Å². The molecule has 1 heterocycles. The highest BCUT2D eigenvalue weighted by Crippen LogP contribution is 2.35. The number of carboxylic acid groups (broad SMARTS) is 1. The molecule has 0 amide bonds. The fourth-order valence-corrected chi connectivity index (χ4v) is 2.04. The van der Waals surface area contributed by atoms with Crippen LogP contribution in [0, 0.1) is 0 Å². The number of ether oxygens (including phenoxy) is 1. The van der Waals surface area contributed by atoms with Crippen molar-refractivity contribution >= 4 is 28.5 Å². The number of aliphatic carboxylic acids is 1. The van der Waals surface area contributed by atoms with Gasteiger partial charge in [-0.05, 0) is 24.1 Å². The second kappa shape index (κ2) is 4.88. The van der Waals surface area contributed by atoms with Crippen molar-refractivity contribution in [2.75, 3.05) is 7.11 Å². The van der Waals surface area contributed by atoms with Crippen molar-refractivity contribution in [3.05, 3.63) is 29.0 Å². The fraction of sp³-hybridized carbons (Fsp3) is 0.250. The monoisotopic (exact) mass is 269 g/mol. The van der Waals surface area contributed by atoms with E-state index in [1.165, 1.54) is 13.4 Å². The van der Waals surface area contributed by atoms with Gasteiger partial charge in [0.15, 0.2) is 11.3 Å². The molecule has 1 atom stereocenters. The molecule has 5 nitrogen and oxygen atoms in total.